The standard InChI is InChI=1S/C20H24.C14H14O.C8H10/c1-16-6-10-18(11-7-16)20(14-4-3-5-15-20)19-12-8-17(2)9-13-19;1-11-3-7-13(8-4-11)15-14-9-5-12(2)6-10-14;1-7-3-5-8(2)6-4-7/h6-13H,3-5,14-15H2,1-2H3;3-10H,1-2H3;3-6H,1-2H3. The quantitative estimate of drug-likeness (QED) is 0.209. The Kier molecular flexibility index (Phi) is 11.4. The Balaban J connectivity index is 0.000000162. The molecule has 0 amide bonds. The Morgan fingerprint density at radius 1 is 0.349 bits per heavy atom. The molecule has 0 saturated heterocycles. The van der Waals surface area contributed by atoms with E-state index in [2.05, 4.69) is 114 Å². The molecular weight excluding hydrogens is 520 g/mol. The van der Waals surface area contributed by atoms with E-state index in [0.717, 1.165) is 11.5 Å². The van der Waals surface area contributed by atoms with Crippen LogP contribution in [0.25, 0.3) is 0 Å². The van der Waals surface area contributed by atoms with Gasteiger partial charge in [-0.3, -0.25) is 0 Å². The van der Waals surface area contributed by atoms with Crippen LogP contribution < -0.4 is 4.74 Å². The van der Waals surface area contributed by atoms with Gasteiger partial charge in [-0.1, -0.05) is 150 Å². The average molecular weight is 569 g/mol. The Morgan fingerprint density at radius 3 is 0.907 bits per heavy atom. The fourth-order valence-electron chi connectivity index (χ4n) is 5.63. The van der Waals surface area contributed by atoms with Gasteiger partial charge in [-0.15, -0.1) is 0 Å². The third-order valence-electron chi connectivity index (χ3n) is 8.41. The van der Waals surface area contributed by atoms with Gasteiger partial charge in [0.2, 0.25) is 0 Å². The van der Waals surface area contributed by atoms with Gasteiger partial charge < -0.3 is 4.74 Å². The molecular formula is C42H48O. The SMILES string of the molecule is Cc1ccc(C)cc1.Cc1ccc(C2(c3ccc(C)cc3)CCCCC2)cc1.Cc1ccc(Oc2ccc(C)cc2)cc1. The summed E-state index contributed by atoms with van der Waals surface area (Å²) < 4.78 is 5.69. The first kappa shape index (κ1) is 31.8. The predicted octanol–water partition coefficient (Wildman–Crippen LogP) is 12.0. The number of benzene rings is 5. The minimum Gasteiger partial charge on any atom is -0.457 e. The molecule has 5 aromatic rings. The monoisotopic (exact) mass is 568 g/mol. The molecule has 0 aromatic heterocycles. The van der Waals surface area contributed by atoms with Crippen molar-refractivity contribution in [2.24, 2.45) is 0 Å². The number of aryl methyl sites for hydroxylation is 6. The van der Waals surface area contributed by atoms with Crippen LogP contribution in [0.15, 0.2) is 121 Å². The molecule has 1 heteroatoms. The van der Waals surface area contributed by atoms with E-state index in [1.165, 1.54) is 76.6 Å². The Bertz CT molecular complexity index is 1390. The second-order valence-electron chi connectivity index (χ2n) is 12.3. The molecule has 1 fully saturated rings. The van der Waals surface area contributed by atoms with Crippen molar-refractivity contribution in [1.29, 1.82) is 0 Å². The van der Waals surface area contributed by atoms with Gasteiger partial charge in [-0.2, -0.15) is 0 Å². The zero-order valence-electron chi connectivity index (χ0n) is 27.0. The smallest absolute Gasteiger partial charge is 0.127 e. The Morgan fingerprint density at radius 2 is 0.605 bits per heavy atom. The van der Waals surface area contributed by atoms with Crippen molar-refractivity contribution in [3.05, 3.63) is 166 Å². The van der Waals surface area contributed by atoms with Crippen molar-refractivity contribution in [2.75, 3.05) is 0 Å². The van der Waals surface area contributed by atoms with Crippen molar-refractivity contribution in [3.63, 3.8) is 0 Å². The third kappa shape index (κ3) is 9.45. The maximum absolute atomic E-state index is 5.69. The van der Waals surface area contributed by atoms with Crippen LogP contribution in [0.5, 0.6) is 11.5 Å². The largest absolute Gasteiger partial charge is 0.457 e. The van der Waals surface area contributed by atoms with E-state index in [1.54, 1.807) is 0 Å². The third-order valence-corrected chi connectivity index (χ3v) is 8.41. The summed E-state index contributed by atoms with van der Waals surface area (Å²) in [7, 11) is 0. The van der Waals surface area contributed by atoms with Gasteiger partial charge in [0.1, 0.15) is 11.5 Å². The molecule has 0 spiro atoms. The lowest BCUT2D eigenvalue weighted by Crippen LogP contribution is -2.30. The number of rotatable bonds is 4. The van der Waals surface area contributed by atoms with Gasteiger partial charge in [0.05, 0.1) is 0 Å². The summed E-state index contributed by atoms with van der Waals surface area (Å²) in [6.07, 6.45) is 6.67. The first-order valence-electron chi connectivity index (χ1n) is 15.7. The second-order valence-corrected chi connectivity index (χ2v) is 12.3. The number of hydrogen-bond donors (Lipinski definition) is 0. The lowest BCUT2D eigenvalue weighted by Gasteiger charge is -2.38. The highest BCUT2D eigenvalue weighted by atomic mass is 16.5. The molecule has 0 N–H and O–H groups in total. The maximum atomic E-state index is 5.69. The summed E-state index contributed by atoms with van der Waals surface area (Å²) in [5.41, 5.74) is 11.1. The van der Waals surface area contributed by atoms with Crippen LogP contribution in [-0.2, 0) is 5.41 Å². The summed E-state index contributed by atoms with van der Waals surface area (Å²) >= 11 is 0. The molecule has 1 saturated carbocycles. The van der Waals surface area contributed by atoms with Crippen LogP contribution in [0.2, 0.25) is 0 Å². The van der Waals surface area contributed by atoms with Crippen molar-refractivity contribution in [1.82, 2.24) is 0 Å². The maximum Gasteiger partial charge on any atom is 0.127 e. The summed E-state index contributed by atoms with van der Waals surface area (Å²) in [6.45, 7) is 12.7. The van der Waals surface area contributed by atoms with Crippen LogP contribution in [-0.4, -0.2) is 0 Å². The molecule has 0 aliphatic heterocycles. The normalized spacial score (nSPS) is 13.5. The predicted molar refractivity (Wildman–Crippen MR) is 185 cm³/mol. The zero-order valence-corrected chi connectivity index (χ0v) is 27.0. The van der Waals surface area contributed by atoms with E-state index in [1.807, 2.05) is 48.5 Å². The van der Waals surface area contributed by atoms with Gasteiger partial charge in [-0.05, 0) is 89.8 Å². The first-order valence-corrected chi connectivity index (χ1v) is 15.7. The summed E-state index contributed by atoms with van der Waals surface area (Å²) in [5.74, 6) is 1.76. The lowest BCUT2D eigenvalue weighted by molar-refractivity contribution is 0.346. The lowest BCUT2D eigenvalue weighted by atomic mass is 9.65. The molecule has 222 valence electrons. The molecule has 0 atom stereocenters. The summed E-state index contributed by atoms with van der Waals surface area (Å²) in [5, 5.41) is 0. The molecule has 6 rings (SSSR count). The number of ether oxygens (including phenoxy) is 1. The van der Waals surface area contributed by atoms with Crippen molar-refractivity contribution in [3.8, 4) is 11.5 Å². The van der Waals surface area contributed by atoms with Crippen LogP contribution in [0.1, 0.15) is 76.6 Å². The van der Waals surface area contributed by atoms with Gasteiger partial charge in [0.15, 0.2) is 0 Å². The van der Waals surface area contributed by atoms with E-state index in [-0.39, 0.29) is 5.41 Å². The molecule has 0 bridgehead atoms. The second kappa shape index (κ2) is 15.4. The topological polar surface area (TPSA) is 9.23 Å². The van der Waals surface area contributed by atoms with Crippen molar-refractivity contribution >= 4 is 0 Å². The van der Waals surface area contributed by atoms with Crippen LogP contribution in [0, 0.1) is 41.5 Å². The molecule has 1 nitrogen and oxygen atoms in total. The van der Waals surface area contributed by atoms with E-state index in [9.17, 15) is 0 Å². The summed E-state index contributed by atoms with van der Waals surface area (Å²) in [6, 6.07) is 43.0. The average Bonchev–Trinajstić information content (AvgIpc) is 3.02. The molecule has 1 aliphatic rings. The van der Waals surface area contributed by atoms with Gasteiger partial charge in [-0.25, -0.2) is 0 Å². The highest BCUT2D eigenvalue weighted by molar-refractivity contribution is 5.42. The van der Waals surface area contributed by atoms with Crippen molar-refractivity contribution in [2.45, 2.75) is 79.1 Å². The first-order chi connectivity index (χ1) is 20.7. The molecule has 0 radical (unpaired) electrons. The zero-order chi connectivity index (χ0) is 30.7. The van der Waals surface area contributed by atoms with E-state index >= 15 is 0 Å². The van der Waals surface area contributed by atoms with Gasteiger partial charge in [0, 0.05) is 5.41 Å². The van der Waals surface area contributed by atoms with Gasteiger partial charge in [0.25, 0.3) is 0 Å². The fourth-order valence-corrected chi connectivity index (χ4v) is 5.63. The molecule has 0 unspecified atom stereocenters. The van der Waals surface area contributed by atoms with E-state index in [4.69, 9.17) is 4.74 Å². The highest BCUT2D eigenvalue weighted by Gasteiger charge is 2.35. The minimum absolute atomic E-state index is 0.250. The summed E-state index contributed by atoms with van der Waals surface area (Å²) in [4.78, 5) is 0. The fraction of sp³-hybridized carbons (Fsp3) is 0.286. The molecule has 0 heterocycles. The van der Waals surface area contributed by atoms with E-state index in [0.29, 0.717) is 0 Å². The Labute approximate surface area is 260 Å². The molecule has 5 aromatic carbocycles. The van der Waals surface area contributed by atoms with Crippen LogP contribution >= 0.6 is 0 Å². The van der Waals surface area contributed by atoms with Gasteiger partial charge >= 0.3 is 0 Å². The van der Waals surface area contributed by atoms with Crippen LogP contribution in [0.3, 0.4) is 0 Å². The molecule has 1 aliphatic carbocycles. The Hall–Kier alpha value is -4.10. The molecule has 43 heavy (non-hydrogen) atoms. The number of hydrogen-bond acceptors (Lipinski definition) is 1. The highest BCUT2D eigenvalue weighted by Crippen LogP contribution is 2.44. The van der Waals surface area contributed by atoms with Crippen LogP contribution in [0.4, 0.5) is 0 Å². The van der Waals surface area contributed by atoms with E-state index < -0.39 is 0 Å². The van der Waals surface area contributed by atoms with Crippen molar-refractivity contribution < 1.29 is 4.74 Å². The minimum atomic E-state index is 0.250.